The van der Waals surface area contributed by atoms with Crippen LogP contribution in [0.2, 0.25) is 0 Å². The molecule has 1 N–H and O–H groups in total. The van der Waals surface area contributed by atoms with Crippen LogP contribution in [0.25, 0.3) is 11.3 Å². The Morgan fingerprint density at radius 3 is 2.49 bits per heavy atom. The van der Waals surface area contributed by atoms with Crippen LogP contribution in [-0.4, -0.2) is 63.8 Å². The van der Waals surface area contributed by atoms with E-state index in [1.165, 1.54) is 11.1 Å². The van der Waals surface area contributed by atoms with Crippen molar-refractivity contribution in [3.05, 3.63) is 101 Å². The number of pyridine rings is 1. The number of rotatable bonds is 9. The predicted octanol–water partition coefficient (Wildman–Crippen LogP) is 5.33. The molecule has 0 amide bonds. The van der Waals surface area contributed by atoms with E-state index in [9.17, 15) is 4.79 Å². The molecule has 2 aromatic carbocycles. The van der Waals surface area contributed by atoms with Crippen LogP contribution < -0.4 is 5.32 Å². The Morgan fingerprint density at radius 2 is 1.72 bits per heavy atom. The number of carbonyl (C=O) groups is 1. The van der Waals surface area contributed by atoms with Crippen molar-refractivity contribution < 1.29 is 4.79 Å². The molecule has 0 saturated carbocycles. The van der Waals surface area contributed by atoms with Gasteiger partial charge in [-0.05, 0) is 60.8 Å². The van der Waals surface area contributed by atoms with Gasteiger partial charge in [0.15, 0.2) is 5.78 Å². The monoisotopic (exact) mass is 520 g/mol. The number of likely N-dealkylation sites (N-methyl/N-ethyl adjacent to an activating group) is 1. The number of piperazine rings is 1. The average molecular weight is 521 g/mol. The minimum absolute atomic E-state index is 0.109. The third-order valence-corrected chi connectivity index (χ3v) is 7.41. The summed E-state index contributed by atoms with van der Waals surface area (Å²) in [5, 5.41) is 3.36. The molecular weight excluding hydrogens is 484 g/mol. The highest BCUT2D eigenvalue weighted by molar-refractivity contribution is 5.97. The highest BCUT2D eigenvalue weighted by Crippen LogP contribution is 2.25. The molecule has 7 heteroatoms. The first-order valence-corrected chi connectivity index (χ1v) is 13.6. The molecule has 1 aliphatic heterocycles. The molecule has 1 saturated heterocycles. The summed E-state index contributed by atoms with van der Waals surface area (Å²) in [5.41, 5.74) is 7.92. The molecule has 4 aromatic rings. The fourth-order valence-corrected chi connectivity index (χ4v) is 4.91. The zero-order chi connectivity index (χ0) is 27.2. The zero-order valence-electron chi connectivity index (χ0n) is 23.0. The SMILES string of the molecule is CCc1ccncc1-c1ccnc(Nc2cc(CC(=O)c3ccc(CN4CCN(C)CC4)cc3)ccc2C)n1. The van der Waals surface area contributed by atoms with E-state index >= 15 is 0 Å². The molecule has 0 spiro atoms. The van der Waals surface area contributed by atoms with E-state index in [1.54, 1.807) is 6.20 Å². The van der Waals surface area contributed by atoms with Gasteiger partial charge in [-0.3, -0.25) is 14.7 Å². The van der Waals surface area contributed by atoms with Gasteiger partial charge in [0.1, 0.15) is 0 Å². The largest absolute Gasteiger partial charge is 0.324 e. The lowest BCUT2D eigenvalue weighted by molar-refractivity contribution is 0.0993. The van der Waals surface area contributed by atoms with Crippen LogP contribution in [0, 0.1) is 6.92 Å². The normalized spacial score (nSPS) is 14.3. The standard InChI is InChI=1S/C32H36N6O/c1-4-26-11-13-33-21-28(26)29-12-14-34-32(35-29)36-30-19-25(6-5-23(30)2)20-31(39)27-9-7-24(8-10-27)22-38-17-15-37(3)16-18-38/h5-14,19,21H,4,15-18,20,22H2,1-3H3,(H,34,35,36). The van der Waals surface area contributed by atoms with Crippen molar-refractivity contribution in [2.45, 2.75) is 33.2 Å². The number of hydrogen-bond donors (Lipinski definition) is 1. The van der Waals surface area contributed by atoms with Crippen LogP contribution in [0.15, 0.2) is 73.2 Å². The van der Waals surface area contributed by atoms with Gasteiger partial charge in [0.2, 0.25) is 5.95 Å². The summed E-state index contributed by atoms with van der Waals surface area (Å²) < 4.78 is 0. The first kappa shape index (κ1) is 26.7. The first-order valence-electron chi connectivity index (χ1n) is 13.6. The molecule has 0 unspecified atom stereocenters. The molecule has 7 nitrogen and oxygen atoms in total. The van der Waals surface area contributed by atoms with Crippen molar-refractivity contribution in [3.8, 4) is 11.3 Å². The number of Topliss-reactive ketones (excluding diaryl/α,β-unsaturated/α-hetero) is 1. The topological polar surface area (TPSA) is 74.2 Å². The number of nitrogens with one attached hydrogen (secondary N) is 1. The molecule has 200 valence electrons. The zero-order valence-corrected chi connectivity index (χ0v) is 23.0. The van der Waals surface area contributed by atoms with Crippen molar-refractivity contribution in [2.75, 3.05) is 38.5 Å². The number of carbonyl (C=O) groups excluding carboxylic acids is 1. The number of aromatic nitrogens is 3. The summed E-state index contributed by atoms with van der Waals surface area (Å²) >= 11 is 0. The highest BCUT2D eigenvalue weighted by Gasteiger charge is 2.15. The van der Waals surface area contributed by atoms with Gasteiger partial charge in [-0.15, -0.1) is 0 Å². The third-order valence-electron chi connectivity index (χ3n) is 7.41. The molecule has 0 atom stereocenters. The van der Waals surface area contributed by atoms with Crippen LogP contribution in [0.3, 0.4) is 0 Å². The van der Waals surface area contributed by atoms with Gasteiger partial charge in [0.25, 0.3) is 0 Å². The Bertz CT molecular complexity index is 1430. The number of nitrogens with zero attached hydrogens (tertiary/aromatic N) is 5. The van der Waals surface area contributed by atoms with Crippen LogP contribution in [0.4, 0.5) is 11.6 Å². The summed E-state index contributed by atoms with van der Waals surface area (Å²) in [6.45, 7) is 9.46. The molecule has 0 radical (unpaired) electrons. The van der Waals surface area contributed by atoms with Crippen molar-refractivity contribution in [1.29, 1.82) is 0 Å². The predicted molar refractivity (Wildman–Crippen MR) is 156 cm³/mol. The van der Waals surface area contributed by atoms with Crippen LogP contribution >= 0.6 is 0 Å². The number of benzene rings is 2. The molecular formula is C32H36N6O. The maximum atomic E-state index is 13.1. The minimum atomic E-state index is 0.109. The van der Waals surface area contributed by atoms with E-state index in [1.807, 2.05) is 61.8 Å². The average Bonchev–Trinajstić information content (AvgIpc) is 2.96. The Hall–Kier alpha value is -3.94. The molecule has 3 heterocycles. The second-order valence-electron chi connectivity index (χ2n) is 10.3. The Morgan fingerprint density at radius 1 is 0.949 bits per heavy atom. The van der Waals surface area contributed by atoms with Gasteiger partial charge in [-0.2, -0.15) is 0 Å². The number of anilines is 2. The lowest BCUT2D eigenvalue weighted by Crippen LogP contribution is -2.43. The molecule has 39 heavy (non-hydrogen) atoms. The molecule has 1 aliphatic rings. The van der Waals surface area contributed by atoms with Crippen molar-refractivity contribution >= 4 is 17.4 Å². The fraction of sp³-hybridized carbons (Fsp3) is 0.312. The Balaban J connectivity index is 1.25. The van der Waals surface area contributed by atoms with Gasteiger partial charge in [-0.1, -0.05) is 43.3 Å². The Labute approximate surface area is 231 Å². The number of hydrogen-bond acceptors (Lipinski definition) is 7. The number of aryl methyl sites for hydroxylation is 2. The third kappa shape index (κ3) is 6.74. The summed E-state index contributed by atoms with van der Waals surface area (Å²) in [4.78, 5) is 31.4. The molecule has 1 fully saturated rings. The van der Waals surface area contributed by atoms with E-state index in [0.717, 1.165) is 72.8 Å². The second-order valence-corrected chi connectivity index (χ2v) is 10.3. The molecule has 2 aromatic heterocycles. The van der Waals surface area contributed by atoms with E-state index in [-0.39, 0.29) is 5.78 Å². The highest BCUT2D eigenvalue weighted by atomic mass is 16.1. The summed E-state index contributed by atoms with van der Waals surface area (Å²) in [5.74, 6) is 0.624. The van der Waals surface area contributed by atoms with E-state index < -0.39 is 0 Å². The van der Waals surface area contributed by atoms with Gasteiger partial charge >= 0.3 is 0 Å². The van der Waals surface area contributed by atoms with Gasteiger partial charge in [0, 0.05) is 74.5 Å². The van der Waals surface area contributed by atoms with E-state index in [0.29, 0.717) is 12.4 Å². The summed E-state index contributed by atoms with van der Waals surface area (Å²) in [6.07, 6.45) is 6.65. The second kappa shape index (κ2) is 12.3. The van der Waals surface area contributed by atoms with Gasteiger partial charge in [-0.25, -0.2) is 9.97 Å². The lowest BCUT2D eigenvalue weighted by atomic mass is 10.00. The van der Waals surface area contributed by atoms with E-state index in [2.05, 4.69) is 51.2 Å². The molecule has 5 rings (SSSR count). The maximum absolute atomic E-state index is 13.1. The minimum Gasteiger partial charge on any atom is -0.324 e. The smallest absolute Gasteiger partial charge is 0.227 e. The van der Waals surface area contributed by atoms with Gasteiger partial charge in [0.05, 0.1) is 5.69 Å². The summed E-state index contributed by atoms with van der Waals surface area (Å²) in [7, 11) is 2.17. The van der Waals surface area contributed by atoms with Crippen LogP contribution in [0.1, 0.15) is 39.5 Å². The van der Waals surface area contributed by atoms with Crippen molar-refractivity contribution in [2.24, 2.45) is 0 Å². The van der Waals surface area contributed by atoms with E-state index in [4.69, 9.17) is 4.98 Å². The first-order chi connectivity index (χ1) is 19.0. The fourth-order valence-electron chi connectivity index (χ4n) is 4.91. The van der Waals surface area contributed by atoms with Crippen LogP contribution in [-0.2, 0) is 19.4 Å². The number of ketones is 1. The quantitative estimate of drug-likeness (QED) is 0.299. The molecule has 0 bridgehead atoms. The molecule has 0 aliphatic carbocycles. The maximum Gasteiger partial charge on any atom is 0.227 e. The van der Waals surface area contributed by atoms with Gasteiger partial charge < -0.3 is 10.2 Å². The van der Waals surface area contributed by atoms with Crippen LogP contribution in [0.5, 0.6) is 0 Å². The Kier molecular flexibility index (Phi) is 8.39. The lowest BCUT2D eigenvalue weighted by Gasteiger charge is -2.32. The summed E-state index contributed by atoms with van der Waals surface area (Å²) in [6, 6.07) is 18.1. The van der Waals surface area contributed by atoms with Crippen molar-refractivity contribution in [3.63, 3.8) is 0 Å². The van der Waals surface area contributed by atoms with Crippen molar-refractivity contribution in [1.82, 2.24) is 24.8 Å².